The molecule has 0 aromatic heterocycles. The maximum atomic E-state index is 13.7. The van der Waals surface area contributed by atoms with Crippen molar-refractivity contribution >= 4 is 11.8 Å². The van der Waals surface area contributed by atoms with Crippen LogP contribution in [0.25, 0.3) is 0 Å². The van der Waals surface area contributed by atoms with E-state index in [1.807, 2.05) is 12.1 Å². The van der Waals surface area contributed by atoms with E-state index in [2.05, 4.69) is 5.48 Å². The molecule has 5 heteroatoms. The Morgan fingerprint density at radius 3 is 2.94 bits per heavy atom. The fourth-order valence-corrected chi connectivity index (χ4v) is 2.37. The number of ether oxygens (including phenoxy) is 1. The smallest absolute Gasteiger partial charge is 0.137 e. The summed E-state index contributed by atoms with van der Waals surface area (Å²) in [4.78, 5) is 5.40. The Labute approximate surface area is 98.3 Å². The van der Waals surface area contributed by atoms with E-state index in [-0.39, 0.29) is 5.82 Å². The molecule has 0 bridgehead atoms. The molecule has 1 aliphatic rings. The first-order chi connectivity index (χ1) is 7.79. The third-order valence-corrected chi connectivity index (χ3v) is 3.51. The predicted molar refractivity (Wildman–Crippen MR) is 60.7 cm³/mol. The monoisotopic (exact) mass is 243 g/mol. The lowest BCUT2D eigenvalue weighted by molar-refractivity contribution is 0.0455. The minimum absolute atomic E-state index is 0.174. The SMILES string of the molecule is CONCc1ccc(SC2COC2)c(F)c1. The number of hydroxylamine groups is 1. The molecule has 0 atom stereocenters. The van der Waals surface area contributed by atoms with Crippen molar-refractivity contribution in [2.75, 3.05) is 20.3 Å². The second-order valence-corrected chi connectivity index (χ2v) is 4.91. The van der Waals surface area contributed by atoms with Gasteiger partial charge in [0.15, 0.2) is 0 Å². The van der Waals surface area contributed by atoms with Crippen LogP contribution in [0, 0.1) is 5.82 Å². The summed E-state index contributed by atoms with van der Waals surface area (Å²) in [6, 6.07) is 5.25. The fraction of sp³-hybridized carbons (Fsp3) is 0.455. The second-order valence-electron chi connectivity index (χ2n) is 3.57. The van der Waals surface area contributed by atoms with Gasteiger partial charge in [0, 0.05) is 11.4 Å². The van der Waals surface area contributed by atoms with Crippen molar-refractivity contribution in [2.24, 2.45) is 0 Å². The zero-order valence-corrected chi connectivity index (χ0v) is 9.85. The maximum Gasteiger partial charge on any atom is 0.137 e. The minimum Gasteiger partial charge on any atom is -0.379 e. The quantitative estimate of drug-likeness (QED) is 0.801. The average molecular weight is 243 g/mol. The van der Waals surface area contributed by atoms with Gasteiger partial charge in [-0.15, -0.1) is 11.8 Å². The van der Waals surface area contributed by atoms with Crippen molar-refractivity contribution in [1.82, 2.24) is 5.48 Å². The molecule has 3 nitrogen and oxygen atoms in total. The van der Waals surface area contributed by atoms with Crippen LogP contribution in [-0.2, 0) is 16.1 Å². The summed E-state index contributed by atoms with van der Waals surface area (Å²) in [5, 5.41) is 0.400. The van der Waals surface area contributed by atoms with E-state index >= 15 is 0 Å². The number of nitrogens with one attached hydrogen (secondary N) is 1. The van der Waals surface area contributed by atoms with Gasteiger partial charge in [0.2, 0.25) is 0 Å². The van der Waals surface area contributed by atoms with Crippen molar-refractivity contribution in [3.8, 4) is 0 Å². The summed E-state index contributed by atoms with van der Waals surface area (Å²) in [6.07, 6.45) is 0. The number of halogens is 1. The van der Waals surface area contributed by atoms with E-state index in [4.69, 9.17) is 9.57 Å². The summed E-state index contributed by atoms with van der Waals surface area (Å²) in [5.74, 6) is -0.174. The lowest BCUT2D eigenvalue weighted by Crippen LogP contribution is -2.30. The molecule has 0 unspecified atom stereocenters. The number of thioether (sulfide) groups is 1. The Balaban J connectivity index is 1.97. The zero-order valence-electron chi connectivity index (χ0n) is 9.03. The van der Waals surface area contributed by atoms with Crippen molar-refractivity contribution in [2.45, 2.75) is 16.7 Å². The van der Waals surface area contributed by atoms with Crippen LogP contribution >= 0.6 is 11.8 Å². The van der Waals surface area contributed by atoms with Gasteiger partial charge in [-0.1, -0.05) is 6.07 Å². The fourth-order valence-electron chi connectivity index (χ4n) is 1.37. The van der Waals surface area contributed by atoms with Crippen LogP contribution < -0.4 is 5.48 Å². The Kier molecular flexibility index (Phi) is 4.17. The molecule has 0 radical (unpaired) electrons. The maximum absolute atomic E-state index is 13.7. The van der Waals surface area contributed by atoms with Gasteiger partial charge in [-0.3, -0.25) is 0 Å². The third-order valence-electron chi connectivity index (χ3n) is 2.32. The molecule has 1 N–H and O–H groups in total. The van der Waals surface area contributed by atoms with E-state index in [9.17, 15) is 4.39 Å². The highest BCUT2D eigenvalue weighted by molar-refractivity contribution is 8.00. The lowest BCUT2D eigenvalue weighted by atomic mass is 10.2. The Hall–Kier alpha value is -0.620. The van der Waals surface area contributed by atoms with Gasteiger partial charge < -0.3 is 9.57 Å². The van der Waals surface area contributed by atoms with Gasteiger partial charge in [-0.25, -0.2) is 4.39 Å². The van der Waals surface area contributed by atoms with Crippen LogP contribution in [0.3, 0.4) is 0 Å². The second kappa shape index (κ2) is 5.63. The molecule has 1 aromatic rings. The Bertz CT molecular complexity index is 358. The molecule has 2 rings (SSSR count). The summed E-state index contributed by atoms with van der Waals surface area (Å²) < 4.78 is 18.7. The van der Waals surface area contributed by atoms with E-state index in [0.717, 1.165) is 18.8 Å². The van der Waals surface area contributed by atoms with Gasteiger partial charge >= 0.3 is 0 Å². The van der Waals surface area contributed by atoms with Crippen molar-refractivity contribution in [3.63, 3.8) is 0 Å². The van der Waals surface area contributed by atoms with Gasteiger partial charge in [0.1, 0.15) is 5.82 Å². The largest absolute Gasteiger partial charge is 0.379 e. The van der Waals surface area contributed by atoms with Crippen LogP contribution in [0.1, 0.15) is 5.56 Å². The van der Waals surface area contributed by atoms with Crippen LogP contribution in [0.5, 0.6) is 0 Å². The summed E-state index contributed by atoms with van der Waals surface area (Å²) >= 11 is 1.54. The summed E-state index contributed by atoms with van der Waals surface area (Å²) in [6.45, 7) is 1.94. The van der Waals surface area contributed by atoms with E-state index in [0.29, 0.717) is 16.7 Å². The van der Waals surface area contributed by atoms with Gasteiger partial charge in [0.05, 0.1) is 25.6 Å². The number of rotatable bonds is 5. The molecule has 1 saturated heterocycles. The lowest BCUT2D eigenvalue weighted by Gasteiger charge is -2.25. The van der Waals surface area contributed by atoms with E-state index in [1.165, 1.54) is 24.9 Å². The molecular weight excluding hydrogens is 229 g/mol. The molecule has 16 heavy (non-hydrogen) atoms. The van der Waals surface area contributed by atoms with Gasteiger partial charge in [0.25, 0.3) is 0 Å². The summed E-state index contributed by atoms with van der Waals surface area (Å²) in [5.41, 5.74) is 3.55. The normalized spacial score (nSPS) is 16.1. The van der Waals surface area contributed by atoms with Crippen molar-refractivity contribution in [3.05, 3.63) is 29.6 Å². The molecule has 88 valence electrons. The highest BCUT2D eigenvalue weighted by Crippen LogP contribution is 2.30. The van der Waals surface area contributed by atoms with E-state index < -0.39 is 0 Å². The third kappa shape index (κ3) is 2.95. The number of hydrogen-bond donors (Lipinski definition) is 1. The average Bonchev–Trinajstić information content (AvgIpc) is 2.22. The number of hydrogen-bond acceptors (Lipinski definition) is 4. The topological polar surface area (TPSA) is 30.5 Å². The molecule has 0 amide bonds. The van der Waals surface area contributed by atoms with Crippen LogP contribution in [0.15, 0.2) is 23.1 Å². The predicted octanol–water partition coefficient (Wildman–Crippen LogP) is 1.97. The van der Waals surface area contributed by atoms with Crippen LogP contribution in [-0.4, -0.2) is 25.6 Å². The van der Waals surface area contributed by atoms with E-state index in [1.54, 1.807) is 0 Å². The first-order valence-corrected chi connectivity index (χ1v) is 5.96. The molecule has 1 aliphatic heterocycles. The van der Waals surface area contributed by atoms with Crippen LogP contribution in [0.2, 0.25) is 0 Å². The first-order valence-electron chi connectivity index (χ1n) is 5.08. The molecule has 1 aromatic carbocycles. The van der Waals surface area contributed by atoms with Crippen molar-refractivity contribution < 1.29 is 14.0 Å². The Morgan fingerprint density at radius 1 is 1.56 bits per heavy atom. The molecule has 0 spiro atoms. The highest BCUT2D eigenvalue weighted by atomic mass is 32.2. The summed E-state index contributed by atoms with van der Waals surface area (Å²) in [7, 11) is 1.54. The van der Waals surface area contributed by atoms with Gasteiger partial charge in [-0.05, 0) is 17.7 Å². The van der Waals surface area contributed by atoms with Crippen molar-refractivity contribution in [1.29, 1.82) is 0 Å². The van der Waals surface area contributed by atoms with Gasteiger partial charge in [-0.2, -0.15) is 5.48 Å². The molecule has 1 fully saturated rings. The molecule has 0 saturated carbocycles. The standard InChI is InChI=1S/C11H14FNO2S/c1-14-13-5-8-2-3-11(10(12)4-8)16-9-6-15-7-9/h2-4,9,13H,5-7H2,1H3. The Morgan fingerprint density at radius 2 is 2.38 bits per heavy atom. The molecule has 1 heterocycles. The zero-order chi connectivity index (χ0) is 11.4. The van der Waals surface area contributed by atoms with Crippen LogP contribution in [0.4, 0.5) is 4.39 Å². The molecule has 0 aliphatic carbocycles. The highest BCUT2D eigenvalue weighted by Gasteiger charge is 2.20. The number of benzene rings is 1. The molecular formula is C11H14FNO2S. The minimum atomic E-state index is -0.174. The first kappa shape index (κ1) is 11.9.